The van der Waals surface area contributed by atoms with Crippen molar-refractivity contribution >= 4 is 15.9 Å². The largest absolute Gasteiger partial charge is 0.269 e. The standard InChI is InChI=1S/C7H13NO3S/c1-3-5-6-12(10,11)8-7(9)4-2/h4H,2-3,5-6H2,1H3,(H,8,9). The number of nitrogens with one attached hydrogen (secondary N) is 1. The topological polar surface area (TPSA) is 63.2 Å². The van der Waals surface area contributed by atoms with Crippen LogP contribution in [0.2, 0.25) is 0 Å². The molecule has 0 fully saturated rings. The van der Waals surface area contributed by atoms with Crippen LogP contribution >= 0.6 is 0 Å². The molecule has 0 saturated heterocycles. The molecule has 0 aromatic heterocycles. The van der Waals surface area contributed by atoms with E-state index in [9.17, 15) is 13.2 Å². The molecular formula is C7H13NO3S. The van der Waals surface area contributed by atoms with Gasteiger partial charge in [-0.05, 0) is 12.5 Å². The van der Waals surface area contributed by atoms with E-state index in [1.807, 2.05) is 11.6 Å². The number of carbonyl (C=O) groups is 1. The molecule has 0 rings (SSSR count). The number of hydrogen-bond acceptors (Lipinski definition) is 3. The number of unbranched alkanes of at least 4 members (excludes halogenated alkanes) is 1. The van der Waals surface area contributed by atoms with Crippen molar-refractivity contribution < 1.29 is 13.2 Å². The van der Waals surface area contributed by atoms with Gasteiger partial charge in [-0.1, -0.05) is 19.9 Å². The first-order valence-corrected chi connectivity index (χ1v) is 5.34. The van der Waals surface area contributed by atoms with Crippen LogP contribution in [0.4, 0.5) is 0 Å². The van der Waals surface area contributed by atoms with Gasteiger partial charge in [0.15, 0.2) is 0 Å². The van der Waals surface area contributed by atoms with Crippen LogP contribution in [0.25, 0.3) is 0 Å². The Bertz CT molecular complexity index is 256. The van der Waals surface area contributed by atoms with E-state index in [4.69, 9.17) is 0 Å². The molecule has 0 aliphatic carbocycles. The Morgan fingerprint density at radius 1 is 1.58 bits per heavy atom. The molecule has 0 heterocycles. The van der Waals surface area contributed by atoms with Crippen molar-refractivity contribution in [3.63, 3.8) is 0 Å². The van der Waals surface area contributed by atoms with E-state index in [1.165, 1.54) is 0 Å². The lowest BCUT2D eigenvalue weighted by Crippen LogP contribution is -2.30. The van der Waals surface area contributed by atoms with E-state index >= 15 is 0 Å². The van der Waals surface area contributed by atoms with Gasteiger partial charge in [0.25, 0.3) is 5.91 Å². The summed E-state index contributed by atoms with van der Waals surface area (Å²) < 4.78 is 23.8. The molecule has 0 unspecified atom stereocenters. The average Bonchev–Trinajstić information content (AvgIpc) is 2.00. The fourth-order valence-corrected chi connectivity index (χ4v) is 1.74. The third-order valence-electron chi connectivity index (χ3n) is 1.21. The highest BCUT2D eigenvalue weighted by Gasteiger charge is 2.10. The number of carbonyl (C=O) groups excluding carboxylic acids is 1. The van der Waals surface area contributed by atoms with Gasteiger partial charge in [0.05, 0.1) is 5.75 Å². The van der Waals surface area contributed by atoms with Crippen molar-refractivity contribution in [2.75, 3.05) is 5.75 Å². The fraction of sp³-hybridized carbons (Fsp3) is 0.571. The molecule has 5 heteroatoms. The predicted molar refractivity (Wildman–Crippen MR) is 47.0 cm³/mol. The van der Waals surface area contributed by atoms with Crippen LogP contribution in [0.5, 0.6) is 0 Å². The fourth-order valence-electron chi connectivity index (χ4n) is 0.580. The lowest BCUT2D eigenvalue weighted by molar-refractivity contribution is -0.114. The van der Waals surface area contributed by atoms with E-state index in [0.717, 1.165) is 12.5 Å². The van der Waals surface area contributed by atoms with Gasteiger partial charge in [0.1, 0.15) is 0 Å². The highest BCUT2D eigenvalue weighted by atomic mass is 32.2. The van der Waals surface area contributed by atoms with E-state index in [2.05, 4.69) is 6.58 Å². The second-order valence-electron chi connectivity index (χ2n) is 2.34. The Morgan fingerprint density at radius 2 is 2.17 bits per heavy atom. The van der Waals surface area contributed by atoms with Crippen LogP contribution < -0.4 is 4.72 Å². The highest BCUT2D eigenvalue weighted by Crippen LogP contribution is 1.92. The highest BCUT2D eigenvalue weighted by molar-refractivity contribution is 7.90. The van der Waals surface area contributed by atoms with E-state index < -0.39 is 15.9 Å². The van der Waals surface area contributed by atoms with Crippen molar-refractivity contribution in [3.05, 3.63) is 12.7 Å². The molecule has 0 saturated carbocycles. The zero-order valence-electron chi connectivity index (χ0n) is 7.04. The smallest absolute Gasteiger partial charge is 0.256 e. The van der Waals surface area contributed by atoms with Gasteiger partial charge < -0.3 is 0 Å². The second kappa shape index (κ2) is 4.92. The number of rotatable bonds is 5. The molecule has 0 aromatic rings. The maximum absolute atomic E-state index is 11.0. The molecule has 0 aliphatic heterocycles. The summed E-state index contributed by atoms with van der Waals surface area (Å²) in [6.07, 6.45) is 2.27. The van der Waals surface area contributed by atoms with Crippen LogP contribution in [-0.4, -0.2) is 20.1 Å². The minimum absolute atomic E-state index is 0.0108. The van der Waals surface area contributed by atoms with Crippen molar-refractivity contribution in [1.29, 1.82) is 0 Å². The summed E-state index contributed by atoms with van der Waals surface area (Å²) in [5.74, 6) is -0.686. The van der Waals surface area contributed by atoms with Gasteiger partial charge in [0, 0.05) is 0 Å². The SMILES string of the molecule is C=CC(=O)NS(=O)(=O)CCCC. The molecule has 0 spiro atoms. The molecule has 70 valence electrons. The normalized spacial score (nSPS) is 10.8. The maximum atomic E-state index is 11.0. The Balaban J connectivity index is 4.05. The zero-order chi connectivity index (χ0) is 9.61. The number of hydrogen-bond donors (Lipinski definition) is 1. The Kier molecular flexibility index (Phi) is 4.58. The molecule has 0 aromatic carbocycles. The quantitative estimate of drug-likeness (QED) is 0.640. The molecular weight excluding hydrogens is 178 g/mol. The molecule has 12 heavy (non-hydrogen) atoms. The van der Waals surface area contributed by atoms with Crippen LogP contribution in [0.15, 0.2) is 12.7 Å². The first kappa shape index (κ1) is 11.2. The maximum Gasteiger partial charge on any atom is 0.256 e. The summed E-state index contributed by atoms with van der Waals surface area (Å²) in [5.41, 5.74) is 0. The van der Waals surface area contributed by atoms with Gasteiger partial charge in [-0.15, -0.1) is 0 Å². The third-order valence-corrected chi connectivity index (χ3v) is 2.55. The Labute approximate surface area is 72.7 Å². The minimum Gasteiger partial charge on any atom is -0.269 e. The summed E-state index contributed by atoms with van der Waals surface area (Å²) in [4.78, 5) is 10.6. The van der Waals surface area contributed by atoms with Crippen LogP contribution in [0, 0.1) is 0 Å². The first-order chi connectivity index (χ1) is 5.52. The molecule has 0 radical (unpaired) electrons. The predicted octanol–water partition coefficient (Wildman–Crippen LogP) is 0.418. The van der Waals surface area contributed by atoms with Crippen LogP contribution in [0.1, 0.15) is 19.8 Å². The molecule has 0 atom stereocenters. The minimum atomic E-state index is -3.43. The monoisotopic (exact) mass is 191 g/mol. The van der Waals surface area contributed by atoms with Crippen molar-refractivity contribution in [3.8, 4) is 0 Å². The summed E-state index contributed by atoms with van der Waals surface area (Å²) in [5, 5.41) is 0. The van der Waals surface area contributed by atoms with Crippen molar-refractivity contribution in [1.82, 2.24) is 4.72 Å². The molecule has 0 aliphatic rings. The van der Waals surface area contributed by atoms with Crippen molar-refractivity contribution in [2.24, 2.45) is 0 Å². The van der Waals surface area contributed by atoms with Gasteiger partial charge in [-0.25, -0.2) is 13.1 Å². The molecule has 1 N–H and O–H groups in total. The average molecular weight is 191 g/mol. The molecule has 1 amide bonds. The third kappa shape index (κ3) is 4.90. The van der Waals surface area contributed by atoms with Gasteiger partial charge >= 0.3 is 0 Å². The van der Waals surface area contributed by atoms with Gasteiger partial charge in [-0.2, -0.15) is 0 Å². The Morgan fingerprint density at radius 3 is 2.58 bits per heavy atom. The van der Waals surface area contributed by atoms with E-state index in [-0.39, 0.29) is 5.75 Å². The summed E-state index contributed by atoms with van der Waals surface area (Å²) >= 11 is 0. The van der Waals surface area contributed by atoms with E-state index in [0.29, 0.717) is 6.42 Å². The van der Waals surface area contributed by atoms with Gasteiger partial charge in [-0.3, -0.25) is 4.79 Å². The summed E-state index contributed by atoms with van der Waals surface area (Å²) in [7, 11) is -3.43. The number of sulfonamides is 1. The zero-order valence-corrected chi connectivity index (χ0v) is 7.86. The first-order valence-electron chi connectivity index (χ1n) is 3.68. The summed E-state index contributed by atoms with van der Waals surface area (Å²) in [6, 6.07) is 0. The van der Waals surface area contributed by atoms with E-state index in [1.54, 1.807) is 0 Å². The Hall–Kier alpha value is -0.840. The molecule has 0 bridgehead atoms. The second-order valence-corrected chi connectivity index (χ2v) is 4.18. The number of amides is 1. The van der Waals surface area contributed by atoms with Crippen LogP contribution in [-0.2, 0) is 14.8 Å². The summed E-state index contributed by atoms with van der Waals surface area (Å²) in [6.45, 7) is 5.03. The lowest BCUT2D eigenvalue weighted by atomic mass is 10.4. The molecule has 4 nitrogen and oxygen atoms in total. The van der Waals surface area contributed by atoms with Gasteiger partial charge in [0.2, 0.25) is 10.0 Å². The van der Waals surface area contributed by atoms with Crippen LogP contribution in [0.3, 0.4) is 0 Å². The van der Waals surface area contributed by atoms with Crippen molar-refractivity contribution in [2.45, 2.75) is 19.8 Å². The lowest BCUT2D eigenvalue weighted by Gasteiger charge is -2.02.